The van der Waals surface area contributed by atoms with Crippen LogP contribution in [0.3, 0.4) is 0 Å². The van der Waals surface area contributed by atoms with Gasteiger partial charge in [0, 0.05) is 0 Å². The Balaban J connectivity index is 3.44. The third-order valence-corrected chi connectivity index (χ3v) is 1.08. The van der Waals surface area contributed by atoms with Crippen LogP contribution in [0.1, 0.15) is 13.8 Å². The Labute approximate surface area is 63.2 Å². The summed E-state index contributed by atoms with van der Waals surface area (Å²) in [7, 11) is 0. The first-order valence-corrected chi connectivity index (χ1v) is 3.79. The summed E-state index contributed by atoms with van der Waals surface area (Å²) in [6.45, 7) is 3.51. The van der Waals surface area contributed by atoms with Crippen molar-refractivity contribution >= 4 is 11.4 Å². The first kappa shape index (κ1) is 9.23. The number of allylic oxidation sites excluding steroid dienone is 2. The third-order valence-electron chi connectivity index (χ3n) is 0.540. The highest BCUT2D eigenvalue weighted by Gasteiger charge is 1.91. The van der Waals surface area contributed by atoms with Crippen LogP contribution in [0.25, 0.3) is 0 Å². The Kier molecular flexibility index (Phi) is 5.86. The van der Waals surface area contributed by atoms with Gasteiger partial charge in [0.2, 0.25) is 0 Å². The molecule has 0 saturated carbocycles. The van der Waals surface area contributed by atoms with E-state index in [0.29, 0.717) is 0 Å². The molecule has 0 fully saturated rings. The van der Waals surface area contributed by atoms with E-state index in [0.717, 1.165) is 0 Å². The minimum atomic E-state index is -1.69. The van der Waals surface area contributed by atoms with E-state index < -0.39 is 11.4 Å². The fourth-order valence-electron chi connectivity index (χ4n) is 0.225. The number of rotatable bonds is 4. The molecule has 0 unspecified atom stereocenters. The van der Waals surface area contributed by atoms with Crippen LogP contribution in [0.5, 0.6) is 0 Å². The average molecular weight is 162 g/mol. The van der Waals surface area contributed by atoms with E-state index in [1.54, 1.807) is 26.0 Å². The highest BCUT2D eigenvalue weighted by atomic mass is 32.2. The fourth-order valence-corrected chi connectivity index (χ4v) is 0.674. The second-order valence-electron chi connectivity index (χ2n) is 1.34. The zero-order valence-corrected chi connectivity index (χ0v) is 6.76. The maximum absolute atomic E-state index is 10.5. The van der Waals surface area contributed by atoms with Gasteiger partial charge >= 0.3 is 11.4 Å². The lowest BCUT2D eigenvalue weighted by atomic mass is 10.8. The van der Waals surface area contributed by atoms with Gasteiger partial charge in [0.15, 0.2) is 0 Å². The molecule has 0 N–H and O–H groups in total. The molecular weight excluding hydrogens is 152 g/mol. The second kappa shape index (κ2) is 6.35. The fraction of sp³-hybridized carbons (Fsp3) is 0.333. The molecule has 4 heteroatoms. The Hall–Kier alpha value is -0.770. The van der Waals surface area contributed by atoms with Gasteiger partial charge in [-0.15, -0.1) is 0 Å². The standard InChI is InChI=1S/C6H10O3S/c1-3-5-8-10(7)9-6-4-2/h3-6H,1-2H3. The Morgan fingerprint density at radius 1 is 1.10 bits per heavy atom. The van der Waals surface area contributed by atoms with E-state index in [9.17, 15) is 4.21 Å². The molecule has 0 aromatic rings. The van der Waals surface area contributed by atoms with Gasteiger partial charge in [-0.3, -0.25) is 0 Å². The van der Waals surface area contributed by atoms with Gasteiger partial charge in [-0.25, -0.2) is 0 Å². The predicted octanol–water partition coefficient (Wildman–Crippen LogP) is 1.67. The summed E-state index contributed by atoms with van der Waals surface area (Å²) in [5, 5.41) is 0. The average Bonchev–Trinajstić information content (AvgIpc) is 1.97. The van der Waals surface area contributed by atoms with Crippen LogP contribution in [-0.4, -0.2) is 4.21 Å². The first-order chi connectivity index (χ1) is 4.81. The lowest BCUT2D eigenvalue weighted by molar-refractivity contribution is 0.393. The van der Waals surface area contributed by atoms with Gasteiger partial charge in [-0.05, 0) is 13.8 Å². The Morgan fingerprint density at radius 2 is 1.50 bits per heavy atom. The highest BCUT2D eigenvalue weighted by molar-refractivity contribution is 7.75. The summed E-state index contributed by atoms with van der Waals surface area (Å²) in [5.74, 6) is 0. The molecular formula is C6H10O3S. The van der Waals surface area contributed by atoms with Crippen LogP contribution >= 0.6 is 0 Å². The third kappa shape index (κ3) is 5.37. The molecule has 0 saturated heterocycles. The van der Waals surface area contributed by atoms with Crippen LogP contribution in [0, 0.1) is 0 Å². The van der Waals surface area contributed by atoms with Crippen LogP contribution in [0.2, 0.25) is 0 Å². The van der Waals surface area contributed by atoms with Crippen LogP contribution in [-0.2, 0) is 19.7 Å². The molecule has 3 nitrogen and oxygen atoms in total. The largest absolute Gasteiger partial charge is 0.416 e. The van der Waals surface area contributed by atoms with Crippen LogP contribution in [0.15, 0.2) is 24.7 Å². The van der Waals surface area contributed by atoms with E-state index in [1.807, 2.05) is 0 Å². The van der Waals surface area contributed by atoms with E-state index in [2.05, 4.69) is 8.37 Å². The molecule has 0 aliphatic rings. The molecule has 0 rings (SSSR count). The molecule has 0 aromatic heterocycles. The molecule has 0 spiro atoms. The second-order valence-corrected chi connectivity index (χ2v) is 2.13. The monoisotopic (exact) mass is 162 g/mol. The van der Waals surface area contributed by atoms with Crippen molar-refractivity contribution in [1.82, 2.24) is 0 Å². The van der Waals surface area contributed by atoms with E-state index in [1.165, 1.54) is 12.5 Å². The first-order valence-electron chi connectivity index (χ1n) is 2.79. The summed E-state index contributed by atoms with van der Waals surface area (Å²) in [6.07, 6.45) is 5.85. The maximum Gasteiger partial charge on any atom is 0.416 e. The molecule has 0 atom stereocenters. The molecule has 58 valence electrons. The molecule has 0 aliphatic heterocycles. The van der Waals surface area contributed by atoms with Crippen molar-refractivity contribution in [3.63, 3.8) is 0 Å². The molecule has 0 aliphatic carbocycles. The van der Waals surface area contributed by atoms with Gasteiger partial charge in [0.25, 0.3) is 0 Å². The summed E-state index contributed by atoms with van der Waals surface area (Å²) in [4.78, 5) is 0. The van der Waals surface area contributed by atoms with Crippen molar-refractivity contribution in [2.75, 3.05) is 0 Å². The highest BCUT2D eigenvalue weighted by Crippen LogP contribution is 1.90. The zero-order chi connectivity index (χ0) is 7.82. The lowest BCUT2D eigenvalue weighted by Gasteiger charge is -1.94. The van der Waals surface area contributed by atoms with Crippen molar-refractivity contribution in [2.24, 2.45) is 0 Å². The lowest BCUT2D eigenvalue weighted by Crippen LogP contribution is -1.90. The van der Waals surface area contributed by atoms with Gasteiger partial charge in [0.05, 0.1) is 0 Å². The van der Waals surface area contributed by atoms with Gasteiger partial charge in [-0.2, -0.15) is 4.21 Å². The van der Waals surface area contributed by atoms with Gasteiger partial charge in [-0.1, -0.05) is 12.2 Å². The maximum atomic E-state index is 10.5. The van der Waals surface area contributed by atoms with Crippen molar-refractivity contribution in [3.05, 3.63) is 24.7 Å². The minimum absolute atomic E-state index is 1.31. The molecule has 0 bridgehead atoms. The van der Waals surface area contributed by atoms with E-state index in [4.69, 9.17) is 0 Å². The number of hydrogen-bond donors (Lipinski definition) is 0. The normalized spacial score (nSPS) is 14.2. The van der Waals surface area contributed by atoms with Gasteiger partial charge in [0.1, 0.15) is 12.5 Å². The topological polar surface area (TPSA) is 35.5 Å². The summed E-state index contributed by atoms with van der Waals surface area (Å²) < 4.78 is 19.5. The Morgan fingerprint density at radius 3 is 1.80 bits per heavy atom. The summed E-state index contributed by atoms with van der Waals surface area (Å²) in [6, 6.07) is 0. The van der Waals surface area contributed by atoms with Gasteiger partial charge < -0.3 is 8.37 Å². The Bertz CT molecular complexity index is 135. The minimum Gasteiger partial charge on any atom is -0.379 e. The number of hydrogen-bond acceptors (Lipinski definition) is 3. The van der Waals surface area contributed by atoms with Crippen molar-refractivity contribution in [3.8, 4) is 0 Å². The molecule has 0 radical (unpaired) electrons. The quantitative estimate of drug-likeness (QED) is 0.590. The smallest absolute Gasteiger partial charge is 0.379 e. The van der Waals surface area contributed by atoms with Crippen molar-refractivity contribution in [1.29, 1.82) is 0 Å². The molecule has 0 amide bonds. The van der Waals surface area contributed by atoms with E-state index in [-0.39, 0.29) is 0 Å². The van der Waals surface area contributed by atoms with Crippen molar-refractivity contribution in [2.45, 2.75) is 13.8 Å². The van der Waals surface area contributed by atoms with E-state index >= 15 is 0 Å². The van der Waals surface area contributed by atoms with Crippen LogP contribution < -0.4 is 0 Å². The molecule has 0 heterocycles. The SMILES string of the molecule is CC=COS(=O)OC=CC. The van der Waals surface area contributed by atoms with Crippen molar-refractivity contribution < 1.29 is 12.6 Å². The van der Waals surface area contributed by atoms with Crippen LogP contribution in [0.4, 0.5) is 0 Å². The summed E-state index contributed by atoms with van der Waals surface area (Å²) >= 11 is -1.69. The predicted molar refractivity (Wildman–Crippen MR) is 39.9 cm³/mol. The molecule has 10 heavy (non-hydrogen) atoms. The molecule has 0 aromatic carbocycles. The summed E-state index contributed by atoms with van der Waals surface area (Å²) in [5.41, 5.74) is 0. The zero-order valence-electron chi connectivity index (χ0n) is 5.94.